The number of nitrogens with zero attached hydrogens (tertiary/aromatic N) is 4. The SMILES string of the molecule is CCCN1CCN(c2nc3cccnc3o2)CC1. The number of hydrogen-bond acceptors (Lipinski definition) is 5. The molecule has 1 saturated heterocycles. The van der Waals surface area contributed by atoms with Crippen molar-refractivity contribution in [3.8, 4) is 0 Å². The molecular formula is C13H18N4O. The van der Waals surface area contributed by atoms with Crippen molar-refractivity contribution in [1.29, 1.82) is 0 Å². The Hall–Kier alpha value is -1.62. The van der Waals surface area contributed by atoms with E-state index in [1.807, 2.05) is 12.1 Å². The van der Waals surface area contributed by atoms with Crippen LogP contribution in [0.15, 0.2) is 22.7 Å². The number of pyridine rings is 1. The number of rotatable bonds is 3. The molecule has 0 radical (unpaired) electrons. The smallest absolute Gasteiger partial charge is 0.299 e. The molecule has 5 nitrogen and oxygen atoms in total. The van der Waals surface area contributed by atoms with E-state index in [9.17, 15) is 0 Å². The van der Waals surface area contributed by atoms with Gasteiger partial charge < -0.3 is 9.32 Å². The standard InChI is InChI=1S/C13H18N4O/c1-2-6-16-7-9-17(10-8-16)13-15-11-4-3-5-14-12(11)18-13/h3-5H,2,6-10H2,1H3. The highest BCUT2D eigenvalue weighted by Gasteiger charge is 2.20. The molecule has 0 unspecified atom stereocenters. The molecule has 0 bridgehead atoms. The van der Waals surface area contributed by atoms with Crippen molar-refractivity contribution in [2.75, 3.05) is 37.6 Å². The van der Waals surface area contributed by atoms with Crippen LogP contribution in [0.4, 0.5) is 6.01 Å². The van der Waals surface area contributed by atoms with Gasteiger partial charge in [-0.05, 0) is 25.1 Å². The van der Waals surface area contributed by atoms with E-state index in [4.69, 9.17) is 4.42 Å². The Bertz CT molecular complexity index is 483. The maximum atomic E-state index is 5.69. The van der Waals surface area contributed by atoms with E-state index in [-0.39, 0.29) is 0 Å². The Balaban J connectivity index is 1.72. The third-order valence-corrected chi connectivity index (χ3v) is 3.34. The van der Waals surface area contributed by atoms with Crippen LogP contribution in [-0.4, -0.2) is 47.6 Å². The molecule has 18 heavy (non-hydrogen) atoms. The van der Waals surface area contributed by atoms with Crippen LogP contribution >= 0.6 is 0 Å². The Morgan fingerprint density at radius 3 is 2.83 bits per heavy atom. The first-order chi connectivity index (χ1) is 8.86. The number of aromatic nitrogens is 2. The third kappa shape index (κ3) is 2.18. The molecule has 1 aliphatic heterocycles. The summed E-state index contributed by atoms with van der Waals surface area (Å²) in [7, 11) is 0. The van der Waals surface area contributed by atoms with Gasteiger partial charge in [0.1, 0.15) is 5.52 Å². The van der Waals surface area contributed by atoms with Crippen molar-refractivity contribution in [3.05, 3.63) is 18.3 Å². The van der Waals surface area contributed by atoms with Gasteiger partial charge in [0.15, 0.2) is 0 Å². The summed E-state index contributed by atoms with van der Waals surface area (Å²) >= 11 is 0. The molecule has 2 aromatic heterocycles. The first-order valence-corrected chi connectivity index (χ1v) is 6.55. The molecule has 0 amide bonds. The molecule has 3 heterocycles. The Labute approximate surface area is 106 Å². The first-order valence-electron chi connectivity index (χ1n) is 6.55. The average Bonchev–Trinajstić information content (AvgIpc) is 2.84. The quantitative estimate of drug-likeness (QED) is 0.825. The topological polar surface area (TPSA) is 45.4 Å². The highest BCUT2D eigenvalue weighted by Crippen LogP contribution is 2.20. The molecule has 0 N–H and O–H groups in total. The number of oxazole rings is 1. The lowest BCUT2D eigenvalue weighted by Crippen LogP contribution is -2.46. The second kappa shape index (κ2) is 4.94. The van der Waals surface area contributed by atoms with E-state index in [1.54, 1.807) is 6.20 Å². The summed E-state index contributed by atoms with van der Waals surface area (Å²) in [6.45, 7) is 7.53. The predicted molar refractivity (Wildman–Crippen MR) is 70.7 cm³/mol. The molecule has 96 valence electrons. The van der Waals surface area contributed by atoms with E-state index < -0.39 is 0 Å². The molecule has 1 fully saturated rings. The summed E-state index contributed by atoms with van der Waals surface area (Å²) in [6, 6.07) is 4.52. The highest BCUT2D eigenvalue weighted by atomic mass is 16.4. The molecule has 1 aliphatic rings. The van der Waals surface area contributed by atoms with Crippen molar-refractivity contribution >= 4 is 17.2 Å². The number of hydrogen-bond donors (Lipinski definition) is 0. The first kappa shape index (κ1) is 11.5. The zero-order valence-corrected chi connectivity index (χ0v) is 10.7. The van der Waals surface area contributed by atoms with Crippen molar-refractivity contribution in [3.63, 3.8) is 0 Å². The van der Waals surface area contributed by atoms with Crippen molar-refractivity contribution < 1.29 is 4.42 Å². The van der Waals surface area contributed by atoms with Crippen LogP contribution in [-0.2, 0) is 0 Å². The average molecular weight is 246 g/mol. The van der Waals surface area contributed by atoms with Gasteiger partial charge in [-0.25, -0.2) is 4.98 Å². The molecule has 0 aliphatic carbocycles. The molecule has 0 saturated carbocycles. The van der Waals surface area contributed by atoms with Crippen LogP contribution in [0.1, 0.15) is 13.3 Å². The lowest BCUT2D eigenvalue weighted by atomic mass is 10.3. The van der Waals surface area contributed by atoms with Gasteiger partial charge >= 0.3 is 0 Å². The van der Waals surface area contributed by atoms with Crippen LogP contribution in [0.3, 0.4) is 0 Å². The summed E-state index contributed by atoms with van der Waals surface area (Å²) in [5, 5.41) is 0. The second-order valence-corrected chi connectivity index (χ2v) is 4.65. The van der Waals surface area contributed by atoms with Crippen molar-refractivity contribution in [2.24, 2.45) is 0 Å². The van der Waals surface area contributed by atoms with Gasteiger partial charge in [-0.3, -0.25) is 4.90 Å². The van der Waals surface area contributed by atoms with E-state index >= 15 is 0 Å². The van der Waals surface area contributed by atoms with E-state index in [0.29, 0.717) is 11.7 Å². The summed E-state index contributed by atoms with van der Waals surface area (Å²) in [6.07, 6.45) is 2.95. The van der Waals surface area contributed by atoms with Crippen LogP contribution in [0, 0.1) is 0 Å². The zero-order valence-electron chi connectivity index (χ0n) is 10.7. The van der Waals surface area contributed by atoms with E-state index in [1.165, 1.54) is 13.0 Å². The van der Waals surface area contributed by atoms with Gasteiger partial charge in [-0.2, -0.15) is 4.98 Å². The number of piperazine rings is 1. The van der Waals surface area contributed by atoms with Crippen LogP contribution in [0.5, 0.6) is 0 Å². The lowest BCUT2D eigenvalue weighted by Gasteiger charge is -2.33. The van der Waals surface area contributed by atoms with Crippen LogP contribution < -0.4 is 4.90 Å². The Morgan fingerprint density at radius 1 is 1.28 bits per heavy atom. The summed E-state index contributed by atoms with van der Waals surface area (Å²) < 4.78 is 5.69. The zero-order chi connectivity index (χ0) is 12.4. The predicted octanol–water partition coefficient (Wildman–Crippen LogP) is 1.75. The van der Waals surface area contributed by atoms with Crippen LogP contribution in [0.25, 0.3) is 11.2 Å². The summed E-state index contributed by atoms with van der Waals surface area (Å²) in [5.74, 6) is 0. The minimum Gasteiger partial charge on any atom is -0.404 e. The maximum Gasteiger partial charge on any atom is 0.299 e. The molecule has 3 rings (SSSR count). The van der Waals surface area contributed by atoms with Gasteiger partial charge in [-0.15, -0.1) is 0 Å². The van der Waals surface area contributed by atoms with Crippen molar-refractivity contribution in [2.45, 2.75) is 13.3 Å². The third-order valence-electron chi connectivity index (χ3n) is 3.34. The van der Waals surface area contributed by atoms with E-state index in [0.717, 1.165) is 31.7 Å². The maximum absolute atomic E-state index is 5.69. The number of anilines is 1. The van der Waals surface area contributed by atoms with Crippen LogP contribution in [0.2, 0.25) is 0 Å². The molecule has 0 spiro atoms. The van der Waals surface area contributed by atoms with Gasteiger partial charge in [0.05, 0.1) is 0 Å². The minimum absolute atomic E-state index is 0.628. The minimum atomic E-state index is 0.628. The molecular weight excluding hydrogens is 228 g/mol. The highest BCUT2D eigenvalue weighted by molar-refractivity contribution is 5.69. The van der Waals surface area contributed by atoms with Gasteiger partial charge in [0, 0.05) is 32.4 Å². The fourth-order valence-corrected chi connectivity index (χ4v) is 2.37. The van der Waals surface area contributed by atoms with Gasteiger partial charge in [0.25, 0.3) is 6.01 Å². The fourth-order valence-electron chi connectivity index (χ4n) is 2.37. The summed E-state index contributed by atoms with van der Waals surface area (Å²) in [5.41, 5.74) is 1.46. The summed E-state index contributed by atoms with van der Waals surface area (Å²) in [4.78, 5) is 13.3. The van der Waals surface area contributed by atoms with E-state index in [2.05, 4.69) is 26.7 Å². The Morgan fingerprint density at radius 2 is 2.11 bits per heavy atom. The molecule has 0 aromatic carbocycles. The monoisotopic (exact) mass is 246 g/mol. The number of fused-ring (bicyclic) bond motifs is 1. The lowest BCUT2D eigenvalue weighted by molar-refractivity contribution is 0.254. The Kier molecular flexibility index (Phi) is 3.15. The van der Waals surface area contributed by atoms with Crippen molar-refractivity contribution in [1.82, 2.24) is 14.9 Å². The molecule has 2 aromatic rings. The van der Waals surface area contributed by atoms with Gasteiger partial charge in [0.2, 0.25) is 5.71 Å². The molecule has 0 atom stereocenters. The molecule has 5 heteroatoms. The largest absolute Gasteiger partial charge is 0.404 e. The normalized spacial score (nSPS) is 17.5. The fraction of sp³-hybridized carbons (Fsp3) is 0.538. The second-order valence-electron chi connectivity index (χ2n) is 4.65. The van der Waals surface area contributed by atoms with Gasteiger partial charge in [-0.1, -0.05) is 6.92 Å².